The van der Waals surface area contributed by atoms with Crippen molar-refractivity contribution in [1.82, 2.24) is 0 Å². The van der Waals surface area contributed by atoms with Crippen molar-refractivity contribution in [2.75, 3.05) is 0 Å². The lowest BCUT2D eigenvalue weighted by atomic mass is 9.92. The maximum absolute atomic E-state index is 12.3. The fourth-order valence-electron chi connectivity index (χ4n) is 3.48. The first-order valence-corrected chi connectivity index (χ1v) is 6.85. The van der Waals surface area contributed by atoms with Gasteiger partial charge in [-0.15, -0.1) is 0 Å². The molecule has 1 saturated carbocycles. The van der Waals surface area contributed by atoms with Crippen LogP contribution in [0.3, 0.4) is 0 Å². The Bertz CT molecular complexity index is 449. The Hall–Kier alpha value is -1.11. The fourth-order valence-corrected chi connectivity index (χ4v) is 3.48. The minimum atomic E-state index is 0.248. The summed E-state index contributed by atoms with van der Waals surface area (Å²) in [5, 5.41) is 0. The van der Waals surface area contributed by atoms with Gasteiger partial charge in [0.15, 0.2) is 0 Å². The standard InChI is InChI=1S/C16H20O/c1-3-10(2)16(17)15-13-9-8-11-6-4-5-7-12(11)14(13)15/h4-7,10,13-15H,3,8-9H2,1-2H3. The third-order valence-corrected chi connectivity index (χ3v) is 4.76. The first kappa shape index (κ1) is 11.0. The number of carbonyl (C=O) groups excluding carboxylic acids is 1. The highest BCUT2D eigenvalue weighted by molar-refractivity contribution is 5.87. The average Bonchev–Trinajstić information content (AvgIpc) is 3.11. The molecular formula is C16H20O. The molecule has 1 fully saturated rings. The Labute approximate surface area is 103 Å². The molecule has 0 heterocycles. The van der Waals surface area contributed by atoms with Gasteiger partial charge in [-0.05, 0) is 42.2 Å². The van der Waals surface area contributed by atoms with Gasteiger partial charge in [0.2, 0.25) is 0 Å². The molecule has 1 nitrogen and oxygen atoms in total. The van der Waals surface area contributed by atoms with E-state index < -0.39 is 0 Å². The molecule has 1 heteroatoms. The van der Waals surface area contributed by atoms with Gasteiger partial charge in [0, 0.05) is 11.8 Å². The van der Waals surface area contributed by atoms with Gasteiger partial charge in [-0.1, -0.05) is 38.1 Å². The summed E-state index contributed by atoms with van der Waals surface area (Å²) >= 11 is 0. The zero-order valence-corrected chi connectivity index (χ0v) is 10.6. The molecule has 0 bridgehead atoms. The zero-order chi connectivity index (χ0) is 12.0. The van der Waals surface area contributed by atoms with Crippen molar-refractivity contribution < 1.29 is 4.79 Å². The second-order valence-corrected chi connectivity index (χ2v) is 5.66. The van der Waals surface area contributed by atoms with Crippen LogP contribution in [0.15, 0.2) is 24.3 Å². The van der Waals surface area contributed by atoms with Crippen molar-refractivity contribution in [2.45, 2.75) is 39.0 Å². The number of fused-ring (bicyclic) bond motifs is 3. The van der Waals surface area contributed by atoms with E-state index in [0.29, 0.717) is 23.5 Å². The number of aryl methyl sites for hydroxylation is 1. The topological polar surface area (TPSA) is 17.1 Å². The van der Waals surface area contributed by atoms with Crippen LogP contribution in [-0.4, -0.2) is 5.78 Å². The van der Waals surface area contributed by atoms with Crippen LogP contribution in [0.25, 0.3) is 0 Å². The number of rotatable bonds is 3. The van der Waals surface area contributed by atoms with E-state index in [-0.39, 0.29) is 5.92 Å². The maximum atomic E-state index is 12.3. The highest BCUT2D eigenvalue weighted by Gasteiger charge is 2.56. The summed E-state index contributed by atoms with van der Waals surface area (Å²) in [6, 6.07) is 8.70. The summed E-state index contributed by atoms with van der Waals surface area (Å²) in [5.74, 6) is 2.32. The van der Waals surface area contributed by atoms with Crippen LogP contribution in [-0.2, 0) is 11.2 Å². The fraction of sp³-hybridized carbons (Fsp3) is 0.562. The van der Waals surface area contributed by atoms with E-state index in [4.69, 9.17) is 0 Å². The van der Waals surface area contributed by atoms with Gasteiger partial charge in [0.1, 0.15) is 5.78 Å². The minimum Gasteiger partial charge on any atom is -0.299 e. The molecule has 4 unspecified atom stereocenters. The quantitative estimate of drug-likeness (QED) is 0.773. The summed E-state index contributed by atoms with van der Waals surface area (Å²) in [6.07, 6.45) is 3.37. The predicted molar refractivity (Wildman–Crippen MR) is 68.9 cm³/mol. The van der Waals surface area contributed by atoms with E-state index in [1.54, 1.807) is 0 Å². The van der Waals surface area contributed by atoms with Crippen LogP contribution in [0.1, 0.15) is 43.7 Å². The molecule has 4 atom stereocenters. The van der Waals surface area contributed by atoms with Crippen molar-refractivity contribution >= 4 is 5.78 Å². The van der Waals surface area contributed by atoms with Crippen LogP contribution in [0.2, 0.25) is 0 Å². The molecule has 1 aromatic carbocycles. The van der Waals surface area contributed by atoms with Gasteiger partial charge in [-0.3, -0.25) is 4.79 Å². The summed E-state index contributed by atoms with van der Waals surface area (Å²) in [6.45, 7) is 4.20. The van der Waals surface area contributed by atoms with Crippen molar-refractivity contribution in [3.63, 3.8) is 0 Å². The van der Waals surface area contributed by atoms with Gasteiger partial charge in [-0.25, -0.2) is 0 Å². The van der Waals surface area contributed by atoms with E-state index >= 15 is 0 Å². The minimum absolute atomic E-state index is 0.248. The maximum Gasteiger partial charge on any atom is 0.139 e. The van der Waals surface area contributed by atoms with Crippen molar-refractivity contribution in [3.05, 3.63) is 35.4 Å². The van der Waals surface area contributed by atoms with E-state index in [9.17, 15) is 4.79 Å². The SMILES string of the molecule is CCC(C)C(=O)C1C2CCc3ccccc3C21. The molecule has 0 radical (unpaired) electrons. The lowest BCUT2D eigenvalue weighted by Gasteiger charge is -2.13. The summed E-state index contributed by atoms with van der Waals surface area (Å²) in [5.41, 5.74) is 2.94. The second-order valence-electron chi connectivity index (χ2n) is 5.66. The molecule has 0 spiro atoms. The Morgan fingerprint density at radius 3 is 2.94 bits per heavy atom. The summed E-state index contributed by atoms with van der Waals surface area (Å²) < 4.78 is 0. The number of Topliss-reactive ketones (excluding diaryl/α,β-unsaturated/α-hetero) is 1. The first-order chi connectivity index (χ1) is 8.24. The molecule has 90 valence electrons. The Morgan fingerprint density at radius 1 is 1.41 bits per heavy atom. The molecule has 0 aromatic heterocycles. The van der Waals surface area contributed by atoms with E-state index in [2.05, 4.69) is 38.1 Å². The monoisotopic (exact) mass is 228 g/mol. The van der Waals surface area contributed by atoms with Gasteiger partial charge >= 0.3 is 0 Å². The largest absolute Gasteiger partial charge is 0.299 e. The van der Waals surface area contributed by atoms with Gasteiger partial charge in [-0.2, -0.15) is 0 Å². The Kier molecular flexibility index (Phi) is 2.57. The van der Waals surface area contributed by atoms with Crippen molar-refractivity contribution in [2.24, 2.45) is 17.8 Å². The van der Waals surface area contributed by atoms with Gasteiger partial charge in [0.25, 0.3) is 0 Å². The zero-order valence-electron chi connectivity index (χ0n) is 10.6. The van der Waals surface area contributed by atoms with Crippen molar-refractivity contribution in [3.8, 4) is 0 Å². The van der Waals surface area contributed by atoms with Crippen LogP contribution in [0.4, 0.5) is 0 Å². The normalized spacial score (nSPS) is 31.3. The second kappa shape index (κ2) is 3.97. The first-order valence-electron chi connectivity index (χ1n) is 6.85. The predicted octanol–water partition coefficient (Wildman–Crippen LogP) is 3.58. The molecule has 1 aromatic rings. The van der Waals surface area contributed by atoms with Crippen LogP contribution >= 0.6 is 0 Å². The third-order valence-electron chi connectivity index (χ3n) is 4.76. The smallest absolute Gasteiger partial charge is 0.139 e. The van der Waals surface area contributed by atoms with Crippen LogP contribution in [0, 0.1) is 17.8 Å². The third kappa shape index (κ3) is 1.64. The molecule has 2 aliphatic rings. The van der Waals surface area contributed by atoms with Crippen molar-refractivity contribution in [1.29, 1.82) is 0 Å². The van der Waals surface area contributed by atoms with E-state index in [1.165, 1.54) is 24.0 Å². The number of hydrogen-bond acceptors (Lipinski definition) is 1. The lowest BCUT2D eigenvalue weighted by molar-refractivity contribution is -0.124. The molecular weight excluding hydrogens is 208 g/mol. The van der Waals surface area contributed by atoms with Gasteiger partial charge in [0.05, 0.1) is 0 Å². The Morgan fingerprint density at radius 2 is 2.18 bits per heavy atom. The molecule has 0 N–H and O–H groups in total. The number of hydrogen-bond donors (Lipinski definition) is 0. The van der Waals surface area contributed by atoms with E-state index in [1.807, 2.05) is 0 Å². The molecule has 3 rings (SSSR count). The number of ketones is 1. The molecule has 0 saturated heterocycles. The van der Waals surface area contributed by atoms with Crippen LogP contribution in [0.5, 0.6) is 0 Å². The number of benzene rings is 1. The molecule has 0 amide bonds. The number of carbonyl (C=O) groups is 1. The summed E-state index contributed by atoms with van der Waals surface area (Å²) in [7, 11) is 0. The summed E-state index contributed by atoms with van der Waals surface area (Å²) in [4.78, 5) is 12.3. The Balaban J connectivity index is 1.85. The highest BCUT2D eigenvalue weighted by atomic mass is 16.1. The average molecular weight is 228 g/mol. The highest BCUT2D eigenvalue weighted by Crippen LogP contribution is 2.60. The molecule has 2 aliphatic carbocycles. The molecule has 17 heavy (non-hydrogen) atoms. The lowest BCUT2D eigenvalue weighted by Crippen LogP contribution is -2.13. The van der Waals surface area contributed by atoms with Gasteiger partial charge < -0.3 is 0 Å². The molecule has 0 aliphatic heterocycles. The van der Waals surface area contributed by atoms with E-state index in [0.717, 1.165) is 6.42 Å². The van der Waals surface area contributed by atoms with Crippen LogP contribution < -0.4 is 0 Å².